The largest absolute Gasteiger partial charge is 0.350 e. The lowest BCUT2D eigenvalue weighted by atomic mass is 10.1. The molecule has 1 unspecified atom stereocenters. The number of hydrogen-bond donors (Lipinski definition) is 2. The van der Waals surface area contributed by atoms with Crippen molar-refractivity contribution in [1.82, 2.24) is 15.3 Å². The third-order valence-electron chi connectivity index (χ3n) is 5.52. The van der Waals surface area contributed by atoms with Gasteiger partial charge in [-0.1, -0.05) is 60.2 Å². The lowest BCUT2D eigenvalue weighted by Crippen LogP contribution is -2.32. The summed E-state index contributed by atoms with van der Waals surface area (Å²) in [6, 6.07) is 28.0. The molecule has 4 aromatic rings. The molecule has 33 heavy (non-hydrogen) atoms. The van der Waals surface area contributed by atoms with Crippen LogP contribution in [0.5, 0.6) is 0 Å². The summed E-state index contributed by atoms with van der Waals surface area (Å²) < 4.78 is 0. The maximum atomic E-state index is 12.6. The van der Waals surface area contributed by atoms with Crippen molar-refractivity contribution in [3.8, 4) is 11.3 Å². The number of carbonyl (C=O) groups excluding carboxylic acids is 1. The topological polar surface area (TPSA) is 66.9 Å². The van der Waals surface area contributed by atoms with Crippen molar-refractivity contribution in [3.05, 3.63) is 108 Å². The minimum Gasteiger partial charge on any atom is -0.350 e. The Kier molecular flexibility index (Phi) is 7.10. The zero-order valence-corrected chi connectivity index (χ0v) is 19.0. The van der Waals surface area contributed by atoms with Crippen molar-refractivity contribution >= 4 is 17.4 Å². The molecule has 1 amide bonds. The Labute approximate surface area is 194 Å². The summed E-state index contributed by atoms with van der Waals surface area (Å²) in [4.78, 5) is 21.3. The highest BCUT2D eigenvalue weighted by molar-refractivity contribution is 5.94. The van der Waals surface area contributed by atoms with Gasteiger partial charge in [-0.25, -0.2) is 9.97 Å². The third kappa shape index (κ3) is 6.26. The van der Waals surface area contributed by atoms with E-state index >= 15 is 0 Å². The molecule has 4 rings (SSSR count). The van der Waals surface area contributed by atoms with Crippen LogP contribution in [0.25, 0.3) is 11.3 Å². The van der Waals surface area contributed by atoms with Crippen LogP contribution >= 0.6 is 0 Å². The number of amides is 1. The maximum absolute atomic E-state index is 12.6. The molecule has 0 saturated heterocycles. The summed E-state index contributed by atoms with van der Waals surface area (Å²) in [5.74, 6) is 0.637. The number of nitrogens with zero attached hydrogens (tertiary/aromatic N) is 2. The average molecular weight is 437 g/mol. The van der Waals surface area contributed by atoms with Gasteiger partial charge in [0.15, 0.2) is 0 Å². The van der Waals surface area contributed by atoms with Crippen molar-refractivity contribution in [2.24, 2.45) is 0 Å². The molecule has 1 heterocycles. The summed E-state index contributed by atoms with van der Waals surface area (Å²) in [6.07, 6.45) is 3.39. The van der Waals surface area contributed by atoms with Crippen LogP contribution in [0.2, 0.25) is 0 Å². The standard InChI is InChI=1S/C28H28N4O/c1-20-8-12-23(13-9-20)26-18-27(30-19-29-26)32-25-16-14-24(15-17-25)28(33)31-21(2)10-11-22-6-4-3-5-7-22/h3-9,12-19,21H,10-11H2,1-2H3,(H,31,33)(H,29,30,32). The molecule has 1 atom stereocenters. The third-order valence-corrected chi connectivity index (χ3v) is 5.52. The quantitative estimate of drug-likeness (QED) is 0.358. The van der Waals surface area contributed by atoms with Crippen LogP contribution in [0.3, 0.4) is 0 Å². The summed E-state index contributed by atoms with van der Waals surface area (Å²) in [7, 11) is 0. The van der Waals surface area contributed by atoms with Crippen LogP contribution in [0.4, 0.5) is 11.5 Å². The smallest absolute Gasteiger partial charge is 0.251 e. The van der Waals surface area contributed by atoms with E-state index in [1.807, 2.05) is 55.5 Å². The molecular weight excluding hydrogens is 408 g/mol. The zero-order chi connectivity index (χ0) is 23.0. The van der Waals surface area contributed by atoms with Gasteiger partial charge >= 0.3 is 0 Å². The minimum absolute atomic E-state index is 0.0641. The number of aromatic nitrogens is 2. The molecule has 2 N–H and O–H groups in total. The van der Waals surface area contributed by atoms with Crippen LogP contribution < -0.4 is 10.6 Å². The number of carbonyl (C=O) groups is 1. The number of anilines is 2. The Hall–Kier alpha value is -3.99. The van der Waals surface area contributed by atoms with E-state index in [1.165, 1.54) is 11.1 Å². The van der Waals surface area contributed by atoms with E-state index in [0.29, 0.717) is 11.4 Å². The molecule has 5 nitrogen and oxygen atoms in total. The van der Waals surface area contributed by atoms with Gasteiger partial charge in [-0.3, -0.25) is 4.79 Å². The molecule has 3 aromatic carbocycles. The van der Waals surface area contributed by atoms with Gasteiger partial charge in [0, 0.05) is 28.9 Å². The molecule has 1 aromatic heterocycles. The predicted molar refractivity (Wildman–Crippen MR) is 134 cm³/mol. The Bertz CT molecular complexity index is 1190. The fourth-order valence-corrected chi connectivity index (χ4v) is 3.57. The van der Waals surface area contributed by atoms with E-state index in [4.69, 9.17) is 0 Å². The lowest BCUT2D eigenvalue weighted by molar-refractivity contribution is 0.0938. The zero-order valence-electron chi connectivity index (χ0n) is 19.0. The molecule has 166 valence electrons. The van der Waals surface area contributed by atoms with Crippen molar-refractivity contribution < 1.29 is 4.79 Å². The molecule has 0 bridgehead atoms. The van der Waals surface area contributed by atoms with Gasteiger partial charge in [0.1, 0.15) is 12.1 Å². The van der Waals surface area contributed by atoms with Gasteiger partial charge in [-0.2, -0.15) is 0 Å². The van der Waals surface area contributed by atoms with Crippen LogP contribution in [-0.4, -0.2) is 21.9 Å². The Balaban J connectivity index is 1.34. The fourth-order valence-electron chi connectivity index (χ4n) is 3.57. The number of nitrogens with one attached hydrogen (secondary N) is 2. The van der Waals surface area contributed by atoms with E-state index in [-0.39, 0.29) is 11.9 Å². The first-order chi connectivity index (χ1) is 16.1. The Morgan fingerprint density at radius 2 is 1.64 bits per heavy atom. The first-order valence-electron chi connectivity index (χ1n) is 11.2. The highest BCUT2D eigenvalue weighted by Gasteiger charge is 2.10. The fraction of sp³-hybridized carbons (Fsp3) is 0.179. The second-order valence-corrected chi connectivity index (χ2v) is 8.26. The predicted octanol–water partition coefficient (Wildman–Crippen LogP) is 5.95. The molecular formula is C28H28N4O. The number of benzene rings is 3. The van der Waals surface area contributed by atoms with Gasteiger partial charge in [0.25, 0.3) is 5.91 Å². The Morgan fingerprint density at radius 1 is 0.909 bits per heavy atom. The summed E-state index contributed by atoms with van der Waals surface area (Å²) >= 11 is 0. The van der Waals surface area contributed by atoms with E-state index < -0.39 is 0 Å². The van der Waals surface area contributed by atoms with Crippen molar-refractivity contribution in [3.63, 3.8) is 0 Å². The lowest BCUT2D eigenvalue weighted by Gasteiger charge is -2.14. The molecule has 5 heteroatoms. The molecule has 0 aliphatic heterocycles. The normalized spacial score (nSPS) is 11.6. The Morgan fingerprint density at radius 3 is 2.36 bits per heavy atom. The summed E-state index contributed by atoms with van der Waals surface area (Å²) in [6.45, 7) is 4.10. The van der Waals surface area contributed by atoms with E-state index in [9.17, 15) is 4.79 Å². The first kappa shape index (κ1) is 22.2. The summed E-state index contributed by atoms with van der Waals surface area (Å²) in [5.41, 5.74) is 5.88. The van der Waals surface area contributed by atoms with Gasteiger partial charge in [0.2, 0.25) is 0 Å². The van der Waals surface area contributed by atoms with Gasteiger partial charge in [-0.05, 0) is 56.5 Å². The number of rotatable bonds is 8. The minimum atomic E-state index is -0.0641. The molecule has 0 spiro atoms. The van der Waals surface area contributed by atoms with Crippen LogP contribution in [0.15, 0.2) is 91.3 Å². The summed E-state index contributed by atoms with van der Waals surface area (Å²) in [5, 5.41) is 6.37. The van der Waals surface area contributed by atoms with E-state index in [1.54, 1.807) is 6.33 Å². The van der Waals surface area contributed by atoms with E-state index in [0.717, 1.165) is 29.8 Å². The van der Waals surface area contributed by atoms with Crippen LogP contribution in [-0.2, 0) is 6.42 Å². The molecule has 0 saturated carbocycles. The van der Waals surface area contributed by atoms with Gasteiger partial charge in [0.05, 0.1) is 5.69 Å². The first-order valence-corrected chi connectivity index (χ1v) is 11.2. The second-order valence-electron chi connectivity index (χ2n) is 8.26. The average Bonchev–Trinajstić information content (AvgIpc) is 2.84. The SMILES string of the molecule is Cc1ccc(-c2cc(Nc3ccc(C(=O)NC(C)CCc4ccccc4)cc3)ncn2)cc1. The van der Waals surface area contributed by atoms with E-state index in [2.05, 4.69) is 63.9 Å². The van der Waals surface area contributed by atoms with Gasteiger partial charge in [-0.15, -0.1) is 0 Å². The highest BCUT2D eigenvalue weighted by atomic mass is 16.1. The van der Waals surface area contributed by atoms with Gasteiger partial charge < -0.3 is 10.6 Å². The molecule has 0 aliphatic carbocycles. The van der Waals surface area contributed by atoms with Crippen molar-refractivity contribution in [2.75, 3.05) is 5.32 Å². The highest BCUT2D eigenvalue weighted by Crippen LogP contribution is 2.22. The second kappa shape index (κ2) is 10.6. The van der Waals surface area contributed by atoms with Crippen molar-refractivity contribution in [2.45, 2.75) is 32.7 Å². The van der Waals surface area contributed by atoms with Crippen LogP contribution in [0, 0.1) is 6.92 Å². The number of hydrogen-bond acceptors (Lipinski definition) is 4. The van der Waals surface area contributed by atoms with Crippen LogP contribution in [0.1, 0.15) is 34.8 Å². The molecule has 0 aliphatic rings. The molecule has 0 fully saturated rings. The molecule has 0 radical (unpaired) electrons. The maximum Gasteiger partial charge on any atom is 0.251 e. The van der Waals surface area contributed by atoms with Crippen molar-refractivity contribution in [1.29, 1.82) is 0 Å². The monoisotopic (exact) mass is 436 g/mol. The number of aryl methyl sites for hydroxylation is 2.